The zero-order valence-corrected chi connectivity index (χ0v) is 25.5. The van der Waals surface area contributed by atoms with Crippen molar-refractivity contribution in [1.29, 1.82) is 0 Å². The molecule has 3 aromatic carbocycles. The molecule has 3 heteroatoms. The van der Waals surface area contributed by atoms with Crippen molar-refractivity contribution in [2.75, 3.05) is 0 Å². The predicted molar refractivity (Wildman–Crippen MR) is 171 cm³/mol. The molecule has 0 atom stereocenters. The molecule has 1 nitrogen and oxygen atoms in total. The van der Waals surface area contributed by atoms with E-state index in [0.29, 0.717) is 5.56 Å². The molecule has 198 valence electrons. The maximum absolute atomic E-state index is 8.54. The van der Waals surface area contributed by atoms with Crippen molar-refractivity contribution in [2.45, 2.75) is 76.5 Å². The van der Waals surface area contributed by atoms with Crippen molar-refractivity contribution in [3.8, 4) is 22.4 Å². The first-order chi connectivity index (χ1) is 20.2. The van der Waals surface area contributed by atoms with E-state index in [2.05, 4.69) is 79.7 Å². The number of benzene rings is 3. The Morgan fingerprint density at radius 1 is 0.615 bits per heavy atom. The average molecular weight is 548 g/mol. The van der Waals surface area contributed by atoms with Crippen molar-refractivity contribution in [1.82, 2.24) is 0 Å². The number of fused-ring (bicyclic) bond motifs is 6. The van der Waals surface area contributed by atoms with Crippen LogP contribution in [0.25, 0.3) is 22.4 Å². The van der Waals surface area contributed by atoms with Crippen molar-refractivity contribution >= 4 is 36.9 Å². The van der Waals surface area contributed by atoms with Gasteiger partial charge in [-0.05, 0) is 60.7 Å². The van der Waals surface area contributed by atoms with Gasteiger partial charge in [0, 0.05) is 21.3 Å². The Morgan fingerprint density at radius 3 is 1.85 bits per heavy atom. The molecule has 0 amide bonds. The number of hydrogen-bond acceptors (Lipinski definition) is 0. The third-order valence-electron chi connectivity index (χ3n) is 10.4. The zero-order chi connectivity index (χ0) is 29.1. The molecular weight excluding hydrogens is 503 g/mol. The Balaban J connectivity index is 1.50. The second-order valence-electron chi connectivity index (χ2n) is 12.5. The highest BCUT2D eigenvalue weighted by Crippen LogP contribution is 2.37. The van der Waals surface area contributed by atoms with Crippen LogP contribution in [0.1, 0.15) is 53.8 Å². The van der Waals surface area contributed by atoms with Gasteiger partial charge < -0.3 is 0 Å². The van der Waals surface area contributed by atoms with Crippen LogP contribution in [0.5, 0.6) is 0 Å². The molecule has 4 heterocycles. The molecule has 0 bridgehead atoms. The van der Waals surface area contributed by atoms with E-state index in [0.717, 1.165) is 22.4 Å². The minimum Gasteiger partial charge on any atom is -0.201 e. The molecule has 39 heavy (non-hydrogen) atoms. The number of nitrogens with zero attached hydrogens (tertiary/aromatic N) is 1. The van der Waals surface area contributed by atoms with Gasteiger partial charge in [0.1, 0.15) is 23.2 Å². The lowest BCUT2D eigenvalue weighted by Gasteiger charge is -2.50. The summed E-state index contributed by atoms with van der Waals surface area (Å²) in [4.78, 5) is 0. The summed E-state index contributed by atoms with van der Waals surface area (Å²) in [5, 5.41) is 6.91. The van der Waals surface area contributed by atoms with Crippen molar-refractivity contribution in [2.24, 2.45) is 7.05 Å². The molecule has 0 radical (unpaired) electrons. The second-order valence-corrected chi connectivity index (χ2v) is 21.0. The Morgan fingerprint density at radius 2 is 1.21 bits per heavy atom. The second kappa shape index (κ2) is 9.71. The van der Waals surface area contributed by atoms with Gasteiger partial charge in [0.15, 0.2) is 6.20 Å². The van der Waals surface area contributed by atoms with Gasteiger partial charge in [-0.2, -0.15) is 0 Å². The van der Waals surface area contributed by atoms with Gasteiger partial charge in [-0.3, -0.25) is 0 Å². The van der Waals surface area contributed by atoms with Gasteiger partial charge in [0.25, 0.3) is 0 Å². The summed E-state index contributed by atoms with van der Waals surface area (Å²) < 4.78 is 27.6. The van der Waals surface area contributed by atoms with Crippen LogP contribution < -0.4 is 25.3 Å². The Hall–Kier alpha value is -2.76. The maximum Gasteiger partial charge on any atom is 0.213 e. The zero-order valence-electron chi connectivity index (χ0n) is 26.5. The lowest BCUT2D eigenvalue weighted by atomic mass is 9.97. The third kappa shape index (κ3) is 3.88. The fraction of sp³-hybridized carbons (Fsp3) is 0.361. The highest BCUT2D eigenvalue weighted by molar-refractivity contribution is 7.17. The summed E-state index contributed by atoms with van der Waals surface area (Å²) in [6, 6.07) is 33.0. The van der Waals surface area contributed by atoms with Gasteiger partial charge in [0.05, 0.1) is 0 Å². The Labute approximate surface area is 241 Å². The third-order valence-corrected chi connectivity index (χ3v) is 21.6. The summed E-state index contributed by atoms with van der Waals surface area (Å²) >= 11 is 0. The first kappa shape index (κ1) is 22.0. The molecule has 4 aromatic rings. The molecule has 0 unspecified atom stereocenters. The van der Waals surface area contributed by atoms with Crippen LogP contribution in [0.2, 0.25) is 24.2 Å². The largest absolute Gasteiger partial charge is 0.213 e. The van der Waals surface area contributed by atoms with E-state index in [4.69, 9.17) is 4.11 Å². The van der Waals surface area contributed by atoms with Crippen LogP contribution in [0.15, 0.2) is 79.0 Å². The van der Waals surface area contributed by atoms with Gasteiger partial charge in [-0.15, -0.1) is 0 Å². The lowest BCUT2D eigenvalue weighted by Crippen LogP contribution is -2.81. The van der Waals surface area contributed by atoms with Crippen LogP contribution in [0, 0.1) is 13.8 Å². The molecule has 3 aliphatic rings. The minimum atomic E-state index is -2.20. The molecule has 1 aromatic heterocycles. The maximum atomic E-state index is 8.54. The van der Waals surface area contributed by atoms with E-state index < -0.39 is 23.0 Å². The lowest BCUT2D eigenvalue weighted by molar-refractivity contribution is -0.660. The number of hydrogen-bond donors (Lipinski definition) is 0. The van der Waals surface area contributed by atoms with Crippen LogP contribution in [-0.4, -0.2) is 16.1 Å². The topological polar surface area (TPSA) is 3.88 Å². The smallest absolute Gasteiger partial charge is 0.201 e. The summed E-state index contributed by atoms with van der Waals surface area (Å²) in [5.41, 5.74) is 5.81. The molecular formula is C36H42NSi2+. The molecule has 0 aliphatic carbocycles. The average Bonchev–Trinajstić information content (AvgIpc) is 3.01. The van der Waals surface area contributed by atoms with E-state index in [-0.39, 0.29) is 0 Å². The predicted octanol–water partition coefficient (Wildman–Crippen LogP) is 6.27. The normalized spacial score (nSPS) is 20.5. The highest BCUT2D eigenvalue weighted by atomic mass is 28.3. The first-order valence-corrected chi connectivity index (χ1v) is 19.9. The van der Waals surface area contributed by atoms with Crippen molar-refractivity contribution < 1.29 is 8.68 Å². The molecule has 0 N–H and O–H groups in total. The minimum absolute atomic E-state index is 0.447. The van der Waals surface area contributed by atoms with E-state index in [1.54, 1.807) is 20.7 Å². The fourth-order valence-electron chi connectivity index (χ4n) is 8.54. The Bertz CT molecular complexity index is 1660. The molecule has 2 spiro atoms. The van der Waals surface area contributed by atoms with Gasteiger partial charge in [-0.1, -0.05) is 120 Å². The molecule has 0 saturated carbocycles. The SMILES string of the molecule is [2H]C([2H])([2H])c1c[n+](C)c(-c2ccccc2C)cc1-c1ccc2c(c1)[Si]1(CCCCC1)c1ccccc1[Si]21CCCCC1. The molecule has 3 aliphatic heterocycles. The highest BCUT2D eigenvalue weighted by Gasteiger charge is 2.53. The van der Waals surface area contributed by atoms with Crippen LogP contribution in [-0.2, 0) is 7.05 Å². The van der Waals surface area contributed by atoms with Crippen LogP contribution in [0.3, 0.4) is 0 Å². The summed E-state index contributed by atoms with van der Waals surface area (Å²) in [6.07, 6.45) is 9.88. The van der Waals surface area contributed by atoms with E-state index in [1.165, 1.54) is 68.3 Å². The molecule has 2 saturated heterocycles. The van der Waals surface area contributed by atoms with Crippen LogP contribution in [0.4, 0.5) is 0 Å². The van der Waals surface area contributed by atoms with E-state index >= 15 is 0 Å². The monoisotopic (exact) mass is 547 g/mol. The van der Waals surface area contributed by atoms with Crippen molar-refractivity contribution in [3.63, 3.8) is 0 Å². The van der Waals surface area contributed by atoms with Crippen LogP contribution >= 0.6 is 0 Å². The van der Waals surface area contributed by atoms with Gasteiger partial charge in [0.2, 0.25) is 5.69 Å². The molecule has 2 fully saturated rings. The van der Waals surface area contributed by atoms with Gasteiger partial charge in [-0.25, -0.2) is 4.57 Å². The quantitative estimate of drug-likeness (QED) is 0.206. The summed E-state index contributed by atoms with van der Waals surface area (Å²) in [5.74, 6) is 0. The summed E-state index contributed by atoms with van der Waals surface area (Å²) in [6.45, 7) is -0.0607. The van der Waals surface area contributed by atoms with Crippen molar-refractivity contribution in [3.05, 3.63) is 90.1 Å². The Kier molecular flexibility index (Phi) is 5.47. The van der Waals surface area contributed by atoms with E-state index in [1.807, 2.05) is 17.8 Å². The number of pyridine rings is 1. The first-order valence-electron chi connectivity index (χ1n) is 16.6. The number of aryl methyl sites for hydroxylation is 3. The number of aromatic nitrogens is 1. The standard InChI is InChI=1S/C36H42NSi2/c1-27-14-6-7-15-30(27)32-25-31(28(2)26-37(32)3)29-18-19-35-36(24-29)39(22-12-5-13-23-39)34-17-9-8-16-33(34)38(35)20-10-4-11-21-38/h6-9,14-19,24-26H,4-5,10-13,20-23H2,1-3H3/q+1/i2D3. The number of rotatable bonds is 2. The van der Waals surface area contributed by atoms with Gasteiger partial charge >= 0.3 is 0 Å². The van der Waals surface area contributed by atoms with E-state index in [9.17, 15) is 0 Å². The fourth-order valence-corrected chi connectivity index (χ4v) is 22.1. The molecule has 7 rings (SSSR count). The summed E-state index contributed by atoms with van der Waals surface area (Å²) in [7, 11) is -1.83.